The van der Waals surface area contributed by atoms with Crippen molar-refractivity contribution in [1.29, 1.82) is 0 Å². The minimum Gasteiger partial charge on any atom is -0.337 e. The van der Waals surface area contributed by atoms with Crippen LogP contribution in [0.25, 0.3) is 0 Å². The fourth-order valence-corrected chi connectivity index (χ4v) is 2.40. The summed E-state index contributed by atoms with van der Waals surface area (Å²) in [6.07, 6.45) is 0. The topological polar surface area (TPSA) is 61.4 Å². The van der Waals surface area contributed by atoms with Crippen LogP contribution in [0.2, 0.25) is 0 Å². The summed E-state index contributed by atoms with van der Waals surface area (Å²) < 4.78 is 0. The third kappa shape index (κ3) is 5.64. The molecule has 0 heterocycles. The molecule has 5 nitrogen and oxygen atoms in total. The van der Waals surface area contributed by atoms with Crippen LogP contribution in [0.15, 0.2) is 54.6 Å². The molecule has 3 amide bonds. The molecule has 0 aromatic heterocycles. The van der Waals surface area contributed by atoms with Crippen molar-refractivity contribution in [2.45, 2.75) is 26.4 Å². The van der Waals surface area contributed by atoms with Crippen LogP contribution in [0.1, 0.15) is 29.7 Å². The van der Waals surface area contributed by atoms with E-state index in [1.807, 2.05) is 68.4 Å². The van der Waals surface area contributed by atoms with Crippen molar-refractivity contribution in [3.05, 3.63) is 71.3 Å². The number of hydrogen-bond donors (Lipinski definition) is 2. The van der Waals surface area contributed by atoms with Gasteiger partial charge in [-0.3, -0.25) is 4.79 Å². The lowest BCUT2D eigenvalue weighted by molar-refractivity contribution is -0.130. The predicted molar refractivity (Wildman–Crippen MR) is 99.0 cm³/mol. The van der Waals surface area contributed by atoms with Crippen molar-refractivity contribution in [3.63, 3.8) is 0 Å². The number of carbonyl (C=O) groups excluding carboxylic acids is 2. The Labute approximate surface area is 149 Å². The second kappa shape index (κ2) is 8.87. The summed E-state index contributed by atoms with van der Waals surface area (Å²) >= 11 is 0. The first-order chi connectivity index (χ1) is 12.0. The molecule has 0 aliphatic carbocycles. The van der Waals surface area contributed by atoms with E-state index in [9.17, 15) is 9.59 Å². The standard InChI is InChI=1S/C20H25N3O2/c1-15-9-11-17(12-10-15)13-21-20(25)22-14-19(24)23(3)16(2)18-7-5-4-6-8-18/h4-12,16H,13-14H2,1-3H3,(H2,21,22,25). The van der Waals surface area contributed by atoms with Crippen molar-refractivity contribution in [2.24, 2.45) is 0 Å². The molecule has 0 bridgehead atoms. The molecular weight excluding hydrogens is 314 g/mol. The number of carbonyl (C=O) groups is 2. The van der Waals surface area contributed by atoms with Crippen LogP contribution in [0.5, 0.6) is 0 Å². The zero-order valence-electron chi connectivity index (χ0n) is 15.0. The van der Waals surface area contributed by atoms with E-state index >= 15 is 0 Å². The Bertz CT molecular complexity index is 699. The van der Waals surface area contributed by atoms with Gasteiger partial charge in [0.2, 0.25) is 5.91 Å². The lowest BCUT2D eigenvalue weighted by atomic mass is 10.1. The third-order valence-corrected chi connectivity index (χ3v) is 4.23. The molecule has 1 unspecified atom stereocenters. The molecule has 0 saturated heterocycles. The molecule has 5 heteroatoms. The van der Waals surface area contributed by atoms with Gasteiger partial charge in [-0.2, -0.15) is 0 Å². The number of hydrogen-bond acceptors (Lipinski definition) is 2. The minimum atomic E-state index is -0.352. The molecule has 2 N–H and O–H groups in total. The lowest BCUT2D eigenvalue weighted by Crippen LogP contribution is -2.43. The van der Waals surface area contributed by atoms with Gasteiger partial charge in [-0.15, -0.1) is 0 Å². The molecular formula is C20H25N3O2. The van der Waals surface area contributed by atoms with Gasteiger partial charge in [-0.05, 0) is 25.0 Å². The van der Waals surface area contributed by atoms with Crippen molar-refractivity contribution < 1.29 is 9.59 Å². The van der Waals surface area contributed by atoms with E-state index in [1.54, 1.807) is 11.9 Å². The average Bonchev–Trinajstić information content (AvgIpc) is 2.65. The van der Waals surface area contributed by atoms with Gasteiger partial charge in [0.1, 0.15) is 0 Å². The van der Waals surface area contributed by atoms with Crippen molar-refractivity contribution in [2.75, 3.05) is 13.6 Å². The summed E-state index contributed by atoms with van der Waals surface area (Å²) in [5.74, 6) is -0.137. The first-order valence-electron chi connectivity index (χ1n) is 8.35. The predicted octanol–water partition coefficient (Wildman–Crippen LogP) is 3.01. The summed E-state index contributed by atoms with van der Waals surface area (Å²) in [4.78, 5) is 25.7. The van der Waals surface area contributed by atoms with E-state index in [4.69, 9.17) is 0 Å². The fraction of sp³-hybridized carbons (Fsp3) is 0.300. The Morgan fingerprint density at radius 2 is 1.64 bits per heavy atom. The molecule has 2 aromatic rings. The Hall–Kier alpha value is -2.82. The summed E-state index contributed by atoms with van der Waals surface area (Å²) in [5.41, 5.74) is 3.25. The van der Waals surface area contributed by atoms with Crippen molar-refractivity contribution in [3.8, 4) is 0 Å². The van der Waals surface area contributed by atoms with E-state index in [0.29, 0.717) is 6.54 Å². The van der Waals surface area contributed by atoms with Gasteiger partial charge in [0, 0.05) is 13.6 Å². The van der Waals surface area contributed by atoms with Gasteiger partial charge >= 0.3 is 6.03 Å². The quantitative estimate of drug-likeness (QED) is 0.850. The van der Waals surface area contributed by atoms with Gasteiger partial charge in [0.15, 0.2) is 0 Å². The molecule has 25 heavy (non-hydrogen) atoms. The Balaban J connectivity index is 1.76. The molecule has 2 rings (SSSR count). The lowest BCUT2D eigenvalue weighted by Gasteiger charge is -2.25. The van der Waals surface area contributed by atoms with Crippen LogP contribution < -0.4 is 10.6 Å². The van der Waals surface area contributed by atoms with Crippen LogP contribution in [0, 0.1) is 6.92 Å². The highest BCUT2D eigenvalue weighted by atomic mass is 16.2. The van der Waals surface area contributed by atoms with Crippen LogP contribution >= 0.6 is 0 Å². The second-order valence-electron chi connectivity index (χ2n) is 6.11. The van der Waals surface area contributed by atoms with Gasteiger partial charge in [-0.25, -0.2) is 4.79 Å². The van der Waals surface area contributed by atoms with Gasteiger partial charge < -0.3 is 15.5 Å². The highest BCUT2D eigenvalue weighted by Gasteiger charge is 2.17. The zero-order chi connectivity index (χ0) is 18.2. The Kier molecular flexibility index (Phi) is 6.57. The largest absolute Gasteiger partial charge is 0.337 e. The van der Waals surface area contributed by atoms with E-state index in [2.05, 4.69) is 10.6 Å². The average molecular weight is 339 g/mol. The summed E-state index contributed by atoms with van der Waals surface area (Å²) in [6, 6.07) is 17.3. The van der Waals surface area contributed by atoms with Crippen molar-refractivity contribution in [1.82, 2.24) is 15.5 Å². The molecule has 0 spiro atoms. The van der Waals surface area contributed by atoms with E-state index in [-0.39, 0.29) is 24.5 Å². The normalized spacial score (nSPS) is 11.5. The summed E-state index contributed by atoms with van der Waals surface area (Å²) in [7, 11) is 1.74. The number of benzene rings is 2. The zero-order valence-corrected chi connectivity index (χ0v) is 15.0. The van der Waals surface area contributed by atoms with E-state index in [0.717, 1.165) is 11.1 Å². The maximum atomic E-state index is 12.3. The number of nitrogens with one attached hydrogen (secondary N) is 2. The van der Waals surface area contributed by atoms with Crippen LogP contribution in [0.3, 0.4) is 0 Å². The molecule has 0 saturated carbocycles. The highest BCUT2D eigenvalue weighted by Crippen LogP contribution is 2.17. The van der Waals surface area contributed by atoms with Gasteiger partial charge in [0.05, 0.1) is 12.6 Å². The Morgan fingerprint density at radius 1 is 1.00 bits per heavy atom. The minimum absolute atomic E-state index is 0.0343. The maximum Gasteiger partial charge on any atom is 0.315 e. The number of likely N-dealkylation sites (N-methyl/N-ethyl adjacent to an activating group) is 1. The molecule has 0 radical (unpaired) electrons. The van der Waals surface area contributed by atoms with Crippen LogP contribution in [-0.4, -0.2) is 30.4 Å². The molecule has 132 valence electrons. The maximum absolute atomic E-state index is 12.3. The monoisotopic (exact) mass is 339 g/mol. The van der Waals surface area contributed by atoms with Gasteiger partial charge in [0.25, 0.3) is 0 Å². The number of nitrogens with zero attached hydrogens (tertiary/aromatic N) is 1. The Morgan fingerprint density at radius 3 is 2.28 bits per heavy atom. The SMILES string of the molecule is Cc1ccc(CNC(=O)NCC(=O)N(C)C(C)c2ccccc2)cc1. The summed E-state index contributed by atoms with van der Waals surface area (Å²) in [6.45, 7) is 4.37. The number of rotatable bonds is 6. The molecule has 0 fully saturated rings. The second-order valence-corrected chi connectivity index (χ2v) is 6.11. The molecule has 1 atom stereocenters. The molecule has 0 aliphatic heterocycles. The number of urea groups is 1. The van der Waals surface area contributed by atoms with E-state index in [1.165, 1.54) is 5.56 Å². The van der Waals surface area contributed by atoms with Crippen LogP contribution in [0.4, 0.5) is 4.79 Å². The first kappa shape index (κ1) is 18.5. The van der Waals surface area contributed by atoms with Gasteiger partial charge in [-0.1, -0.05) is 60.2 Å². The first-order valence-corrected chi connectivity index (χ1v) is 8.35. The summed E-state index contributed by atoms with van der Waals surface area (Å²) in [5, 5.41) is 5.36. The molecule has 2 aromatic carbocycles. The third-order valence-electron chi connectivity index (χ3n) is 4.23. The van der Waals surface area contributed by atoms with E-state index < -0.39 is 0 Å². The smallest absolute Gasteiger partial charge is 0.315 e. The number of aryl methyl sites for hydroxylation is 1. The fourth-order valence-electron chi connectivity index (χ4n) is 2.40. The van der Waals surface area contributed by atoms with Crippen molar-refractivity contribution >= 4 is 11.9 Å². The van der Waals surface area contributed by atoms with Crippen LogP contribution in [-0.2, 0) is 11.3 Å². The molecule has 0 aliphatic rings. The number of amides is 3. The highest BCUT2D eigenvalue weighted by molar-refractivity contribution is 5.84.